The molecule has 166 valence electrons. The summed E-state index contributed by atoms with van der Waals surface area (Å²) in [5.41, 5.74) is 4.59. The van der Waals surface area contributed by atoms with Crippen molar-refractivity contribution >= 4 is 17.3 Å². The van der Waals surface area contributed by atoms with E-state index in [1.54, 1.807) is 7.11 Å². The average Bonchev–Trinajstić information content (AvgIpc) is 3.39. The monoisotopic (exact) mass is 446 g/mol. The fourth-order valence-corrected chi connectivity index (χ4v) is 5.70. The number of nitrogens with one attached hydrogen (secondary N) is 1. The van der Waals surface area contributed by atoms with E-state index in [1.807, 2.05) is 24.4 Å². The number of ether oxygens (including phenoxy) is 1. The van der Waals surface area contributed by atoms with E-state index in [1.165, 1.54) is 43.5 Å². The van der Waals surface area contributed by atoms with Gasteiger partial charge in [0.15, 0.2) is 5.11 Å². The van der Waals surface area contributed by atoms with Crippen LogP contribution in [0.3, 0.4) is 0 Å². The van der Waals surface area contributed by atoms with Crippen molar-refractivity contribution in [2.45, 2.75) is 57.2 Å². The molecule has 0 amide bonds. The summed E-state index contributed by atoms with van der Waals surface area (Å²) in [5, 5.41) is 4.48. The molecule has 0 radical (unpaired) electrons. The largest absolute Gasteiger partial charge is 0.497 e. The molecule has 1 saturated carbocycles. The van der Waals surface area contributed by atoms with E-state index in [2.05, 4.69) is 58.1 Å². The highest BCUT2D eigenvalue weighted by Crippen LogP contribution is 2.43. The third-order valence-corrected chi connectivity index (χ3v) is 7.17. The molecule has 1 aromatic carbocycles. The van der Waals surface area contributed by atoms with Crippen LogP contribution in [-0.2, 0) is 0 Å². The van der Waals surface area contributed by atoms with Crippen LogP contribution in [0.2, 0.25) is 0 Å². The van der Waals surface area contributed by atoms with Gasteiger partial charge in [0.25, 0.3) is 0 Å². The maximum Gasteiger partial charge on any atom is 0.170 e. The van der Waals surface area contributed by atoms with Crippen LogP contribution in [0.15, 0.2) is 60.8 Å². The van der Waals surface area contributed by atoms with E-state index in [-0.39, 0.29) is 12.1 Å². The van der Waals surface area contributed by atoms with Gasteiger partial charge < -0.3 is 19.5 Å². The Labute approximate surface area is 195 Å². The van der Waals surface area contributed by atoms with Crippen molar-refractivity contribution in [3.05, 3.63) is 77.9 Å². The van der Waals surface area contributed by atoms with Crippen molar-refractivity contribution in [2.24, 2.45) is 0 Å². The molecular weight excluding hydrogens is 416 g/mol. The Bertz CT molecular complexity index is 1070. The topological polar surface area (TPSA) is 42.3 Å². The Hall–Kier alpha value is -2.86. The molecule has 2 aromatic heterocycles. The minimum absolute atomic E-state index is 0.0110. The second-order valence-corrected chi connectivity index (χ2v) is 9.15. The van der Waals surface area contributed by atoms with E-state index in [0.717, 1.165) is 22.2 Å². The number of methoxy groups -OCH3 is 1. The predicted octanol–water partition coefficient (Wildman–Crippen LogP) is 5.49. The van der Waals surface area contributed by atoms with Crippen LogP contribution >= 0.6 is 12.2 Å². The lowest BCUT2D eigenvalue weighted by Crippen LogP contribution is -2.40. The van der Waals surface area contributed by atoms with Gasteiger partial charge in [0.05, 0.1) is 24.9 Å². The van der Waals surface area contributed by atoms with Gasteiger partial charge >= 0.3 is 0 Å². The molecule has 1 aliphatic heterocycles. The molecule has 2 aliphatic rings. The number of hydrogen-bond acceptors (Lipinski definition) is 3. The predicted molar refractivity (Wildman–Crippen MR) is 131 cm³/mol. The normalized spacial score (nSPS) is 21.6. The number of thiocarbonyl (C=S) groups is 1. The van der Waals surface area contributed by atoms with Crippen LogP contribution in [0.25, 0.3) is 5.69 Å². The second kappa shape index (κ2) is 8.94. The van der Waals surface area contributed by atoms with Gasteiger partial charge in [0, 0.05) is 29.3 Å². The molecule has 0 unspecified atom stereocenters. The highest BCUT2D eigenvalue weighted by Gasteiger charge is 2.44. The Morgan fingerprint density at radius 2 is 1.78 bits per heavy atom. The summed E-state index contributed by atoms with van der Waals surface area (Å²) < 4.78 is 7.73. The first-order valence-corrected chi connectivity index (χ1v) is 11.9. The third-order valence-electron chi connectivity index (χ3n) is 6.84. The number of hydrogen-bond donors (Lipinski definition) is 1. The molecule has 0 spiro atoms. The number of rotatable bonds is 5. The molecule has 0 bridgehead atoms. The fraction of sp³-hybridized carbons (Fsp3) is 0.385. The number of benzene rings is 1. The van der Waals surface area contributed by atoms with Gasteiger partial charge in [-0.25, -0.2) is 0 Å². The first-order chi connectivity index (χ1) is 15.7. The molecule has 5 nitrogen and oxygen atoms in total. The Kier molecular flexibility index (Phi) is 5.87. The maximum atomic E-state index is 5.94. The summed E-state index contributed by atoms with van der Waals surface area (Å²) >= 11 is 5.94. The van der Waals surface area contributed by atoms with Gasteiger partial charge in [0.1, 0.15) is 5.75 Å². The van der Waals surface area contributed by atoms with Gasteiger partial charge in [-0.2, -0.15) is 0 Å². The molecular formula is C26H30N4OS. The zero-order valence-corrected chi connectivity index (χ0v) is 19.5. The molecule has 2 atom stereocenters. The van der Waals surface area contributed by atoms with Crippen LogP contribution in [-0.4, -0.2) is 32.7 Å². The molecule has 3 heterocycles. The van der Waals surface area contributed by atoms with Gasteiger partial charge in [-0.1, -0.05) is 25.3 Å². The summed E-state index contributed by atoms with van der Waals surface area (Å²) in [6.07, 6.45) is 8.10. The lowest BCUT2D eigenvalue weighted by Gasteiger charge is -2.37. The fourth-order valence-electron chi connectivity index (χ4n) is 5.31. The van der Waals surface area contributed by atoms with Crippen LogP contribution in [0.5, 0.6) is 5.75 Å². The molecule has 5 rings (SSSR count). The van der Waals surface area contributed by atoms with E-state index in [4.69, 9.17) is 21.9 Å². The van der Waals surface area contributed by atoms with Crippen molar-refractivity contribution in [2.75, 3.05) is 7.11 Å². The lowest BCUT2D eigenvalue weighted by atomic mass is 9.92. The lowest BCUT2D eigenvalue weighted by molar-refractivity contribution is 0.193. The number of pyridine rings is 1. The van der Waals surface area contributed by atoms with E-state index < -0.39 is 0 Å². The minimum atomic E-state index is 0.0110. The maximum absolute atomic E-state index is 5.94. The molecule has 6 heteroatoms. The zero-order valence-electron chi connectivity index (χ0n) is 18.7. The first-order valence-electron chi connectivity index (χ1n) is 11.5. The van der Waals surface area contributed by atoms with E-state index >= 15 is 0 Å². The first kappa shape index (κ1) is 21.0. The van der Waals surface area contributed by atoms with Crippen molar-refractivity contribution in [3.8, 4) is 11.4 Å². The minimum Gasteiger partial charge on any atom is -0.497 e. The molecule has 2 fully saturated rings. The quantitative estimate of drug-likeness (QED) is 0.525. The highest BCUT2D eigenvalue weighted by atomic mass is 32.1. The number of nitrogens with zero attached hydrogens (tertiary/aromatic N) is 3. The number of aromatic nitrogens is 2. The number of aryl methyl sites for hydroxylation is 1. The van der Waals surface area contributed by atoms with Gasteiger partial charge in [0.2, 0.25) is 0 Å². The molecule has 3 aromatic rings. The zero-order chi connectivity index (χ0) is 22.1. The van der Waals surface area contributed by atoms with E-state index in [9.17, 15) is 0 Å². The van der Waals surface area contributed by atoms with Crippen molar-refractivity contribution in [1.82, 2.24) is 19.8 Å². The molecule has 1 saturated heterocycles. The summed E-state index contributed by atoms with van der Waals surface area (Å²) in [5.74, 6) is 0.860. The summed E-state index contributed by atoms with van der Waals surface area (Å²) in [7, 11) is 1.70. The van der Waals surface area contributed by atoms with Crippen molar-refractivity contribution in [1.29, 1.82) is 0 Å². The van der Waals surface area contributed by atoms with Gasteiger partial charge in [-0.15, -0.1) is 0 Å². The van der Waals surface area contributed by atoms with Crippen LogP contribution in [0.4, 0.5) is 0 Å². The smallest absolute Gasteiger partial charge is 0.170 e. The molecule has 32 heavy (non-hydrogen) atoms. The second-order valence-electron chi connectivity index (χ2n) is 8.76. The standard InChI is InChI=1S/C26H30N4OS/c1-18-11-16-23(29(18)20-12-14-21(31-2)15-13-20)25-24(22-10-6-7-17-27-22)28-26(32)30(25)19-8-4-3-5-9-19/h6-7,10-17,19,24-25H,3-5,8-9H2,1-2H3,(H,28,32)/t24-,25-/m0/s1. The Balaban J connectivity index is 1.62. The van der Waals surface area contributed by atoms with Crippen molar-refractivity contribution in [3.63, 3.8) is 0 Å². The SMILES string of the molecule is COc1ccc(-n2c(C)ccc2[C@H]2[C@H](c3ccccn3)NC(=S)N2C2CCCCC2)cc1. The van der Waals surface area contributed by atoms with Gasteiger partial charge in [-0.3, -0.25) is 4.98 Å². The van der Waals surface area contributed by atoms with E-state index in [0.29, 0.717) is 6.04 Å². The highest BCUT2D eigenvalue weighted by molar-refractivity contribution is 7.80. The average molecular weight is 447 g/mol. The Morgan fingerprint density at radius 3 is 2.47 bits per heavy atom. The van der Waals surface area contributed by atoms with Gasteiger partial charge in [-0.05, 0) is 80.5 Å². The Morgan fingerprint density at radius 1 is 1.00 bits per heavy atom. The van der Waals surface area contributed by atoms with Crippen LogP contribution < -0.4 is 10.1 Å². The third kappa shape index (κ3) is 3.77. The summed E-state index contributed by atoms with van der Waals surface area (Å²) in [6.45, 7) is 2.16. The molecule has 1 aliphatic carbocycles. The van der Waals surface area contributed by atoms with Crippen LogP contribution in [0, 0.1) is 6.92 Å². The van der Waals surface area contributed by atoms with Crippen molar-refractivity contribution < 1.29 is 4.74 Å². The van der Waals surface area contributed by atoms with Crippen LogP contribution in [0.1, 0.15) is 61.3 Å². The summed E-state index contributed by atoms with van der Waals surface area (Å²) in [6, 6.07) is 19.4. The molecule has 1 N–H and O–H groups in total. The summed E-state index contributed by atoms with van der Waals surface area (Å²) in [4.78, 5) is 7.18.